The lowest BCUT2D eigenvalue weighted by atomic mass is 10.1. The second-order valence-corrected chi connectivity index (χ2v) is 9.85. The molecule has 3 heterocycles. The Hall–Kier alpha value is -1.66. The molecule has 8 heteroatoms. The van der Waals surface area contributed by atoms with Gasteiger partial charge < -0.3 is 18.6 Å². The van der Waals surface area contributed by atoms with E-state index >= 15 is 0 Å². The first kappa shape index (κ1) is 20.6. The minimum absolute atomic E-state index is 0.348. The van der Waals surface area contributed by atoms with E-state index in [-0.39, 0.29) is 0 Å². The van der Waals surface area contributed by atoms with Crippen LogP contribution in [0.4, 0.5) is 5.88 Å². The minimum Gasteiger partial charge on any atom is -0.420 e. The highest BCUT2D eigenvalue weighted by Gasteiger charge is 2.42. The zero-order valence-corrected chi connectivity index (χ0v) is 18.2. The van der Waals surface area contributed by atoms with Gasteiger partial charge in [-0.2, -0.15) is 4.98 Å². The van der Waals surface area contributed by atoms with E-state index < -0.39 is 7.52 Å². The third kappa shape index (κ3) is 4.29. The Kier molecular flexibility index (Phi) is 6.40. The molecule has 2 aromatic rings. The zero-order chi connectivity index (χ0) is 20.3. The molecule has 1 aromatic heterocycles. The molecule has 0 amide bonds. The molecule has 4 rings (SSSR count). The van der Waals surface area contributed by atoms with Gasteiger partial charge in [0.1, 0.15) is 0 Å². The second-order valence-electron chi connectivity index (χ2n) is 7.57. The molecule has 1 aromatic carbocycles. The first-order valence-electron chi connectivity index (χ1n) is 10.5. The van der Waals surface area contributed by atoms with Crippen molar-refractivity contribution in [3.8, 4) is 11.5 Å². The number of hydrogen-bond acceptors (Lipinski definition) is 6. The summed E-state index contributed by atoms with van der Waals surface area (Å²) in [7, 11) is -3.35. The summed E-state index contributed by atoms with van der Waals surface area (Å²) in [6, 6.07) is 8.05. The lowest BCUT2D eigenvalue weighted by Crippen LogP contribution is -2.40. The monoisotopic (exact) mass is 419 g/mol. The van der Waals surface area contributed by atoms with Gasteiger partial charge in [0.05, 0.1) is 19.8 Å². The number of aryl methyl sites for hydroxylation is 1. The average molecular weight is 419 g/mol. The summed E-state index contributed by atoms with van der Waals surface area (Å²) < 4.78 is 33.8. The smallest absolute Gasteiger partial charge is 0.326 e. The van der Waals surface area contributed by atoms with Crippen molar-refractivity contribution >= 4 is 18.8 Å². The molecule has 0 saturated carbocycles. The number of piperidine rings is 1. The Labute approximate surface area is 172 Å². The van der Waals surface area contributed by atoms with E-state index in [9.17, 15) is 4.57 Å². The highest BCUT2D eigenvalue weighted by molar-refractivity contribution is 7.64. The molecule has 0 N–H and O–H groups in total. The Morgan fingerprint density at radius 1 is 1.07 bits per heavy atom. The largest absolute Gasteiger partial charge is 0.420 e. The molecule has 0 bridgehead atoms. The first-order chi connectivity index (χ1) is 14.1. The van der Waals surface area contributed by atoms with Crippen molar-refractivity contribution in [3.63, 3.8) is 0 Å². The number of anilines is 1. The number of morpholine rings is 1. The molecular weight excluding hydrogens is 389 g/mol. The minimum atomic E-state index is -3.35. The van der Waals surface area contributed by atoms with Crippen LogP contribution in [0.1, 0.15) is 31.7 Å². The molecule has 2 aliphatic heterocycles. The Morgan fingerprint density at radius 2 is 1.76 bits per heavy atom. The second kappa shape index (κ2) is 9.00. The van der Waals surface area contributed by atoms with E-state index in [1.165, 1.54) is 12.0 Å². The molecule has 0 aliphatic carbocycles. The van der Waals surface area contributed by atoms with Crippen molar-refractivity contribution in [1.82, 2.24) is 9.65 Å². The van der Waals surface area contributed by atoms with Gasteiger partial charge in [-0.15, -0.1) is 0 Å². The summed E-state index contributed by atoms with van der Waals surface area (Å²) in [5.41, 5.74) is 2.49. The molecule has 2 saturated heterocycles. The fourth-order valence-corrected chi connectivity index (χ4v) is 6.12. The fraction of sp³-hybridized carbons (Fsp3) is 0.571. The van der Waals surface area contributed by atoms with Crippen LogP contribution in [0.3, 0.4) is 0 Å². The maximum Gasteiger partial charge on any atom is 0.326 e. The van der Waals surface area contributed by atoms with E-state index in [0.29, 0.717) is 50.1 Å². The lowest BCUT2D eigenvalue weighted by molar-refractivity contribution is 0.0661. The summed E-state index contributed by atoms with van der Waals surface area (Å²) in [5, 5.41) is 0. The van der Waals surface area contributed by atoms with Gasteiger partial charge in [0, 0.05) is 31.7 Å². The number of aromatic nitrogens is 1. The summed E-state index contributed by atoms with van der Waals surface area (Å²) in [4.78, 5) is 6.95. The van der Waals surface area contributed by atoms with Gasteiger partial charge in [0.25, 0.3) is 0 Å². The lowest BCUT2D eigenvalue weighted by Gasteiger charge is -2.34. The van der Waals surface area contributed by atoms with Crippen LogP contribution in [0.25, 0.3) is 11.5 Å². The van der Waals surface area contributed by atoms with Crippen LogP contribution in [-0.4, -0.2) is 55.7 Å². The number of hydrogen-bond donors (Lipinski definition) is 0. The first-order valence-corrected chi connectivity index (χ1v) is 12.1. The van der Waals surface area contributed by atoms with Gasteiger partial charge in [0.15, 0.2) is 0 Å². The maximum atomic E-state index is 14.2. The van der Waals surface area contributed by atoms with Crippen molar-refractivity contribution in [2.75, 3.05) is 50.9 Å². The van der Waals surface area contributed by atoms with Gasteiger partial charge in [-0.25, -0.2) is 4.67 Å². The van der Waals surface area contributed by atoms with Crippen LogP contribution in [0.2, 0.25) is 0 Å². The summed E-state index contributed by atoms with van der Waals surface area (Å²) in [6.45, 7) is 8.22. The average Bonchev–Trinajstić information content (AvgIpc) is 3.22. The van der Waals surface area contributed by atoms with Crippen molar-refractivity contribution in [1.29, 1.82) is 0 Å². The van der Waals surface area contributed by atoms with Gasteiger partial charge >= 0.3 is 7.52 Å². The van der Waals surface area contributed by atoms with E-state index in [4.69, 9.17) is 18.7 Å². The number of rotatable bonds is 6. The third-order valence-corrected chi connectivity index (χ3v) is 8.04. The molecule has 158 valence electrons. The highest BCUT2D eigenvalue weighted by atomic mass is 31.2. The van der Waals surface area contributed by atoms with Crippen LogP contribution in [0.5, 0.6) is 0 Å². The van der Waals surface area contributed by atoms with Crippen molar-refractivity contribution in [3.05, 3.63) is 29.8 Å². The zero-order valence-electron chi connectivity index (χ0n) is 17.3. The summed E-state index contributed by atoms with van der Waals surface area (Å²) >= 11 is 0. The van der Waals surface area contributed by atoms with E-state index in [1.807, 2.05) is 42.8 Å². The number of ether oxygens (including phenoxy) is 1. The van der Waals surface area contributed by atoms with Crippen LogP contribution in [0.15, 0.2) is 28.7 Å². The molecule has 1 atom stereocenters. The van der Waals surface area contributed by atoms with E-state index in [1.54, 1.807) is 0 Å². The topological polar surface area (TPSA) is 68.0 Å². The summed E-state index contributed by atoms with van der Waals surface area (Å²) in [6.07, 6.45) is 3.39. The molecule has 29 heavy (non-hydrogen) atoms. The van der Waals surface area contributed by atoms with Gasteiger partial charge in [-0.1, -0.05) is 17.7 Å². The summed E-state index contributed by atoms with van der Waals surface area (Å²) in [5.74, 6) is 1.09. The number of nitrogens with zero attached hydrogens (tertiary/aromatic N) is 3. The fourth-order valence-electron chi connectivity index (χ4n) is 3.88. The molecule has 0 spiro atoms. The van der Waals surface area contributed by atoms with E-state index in [2.05, 4.69) is 4.90 Å². The molecule has 2 fully saturated rings. The van der Waals surface area contributed by atoms with Crippen LogP contribution in [-0.2, 0) is 13.8 Å². The quantitative estimate of drug-likeness (QED) is 0.659. The van der Waals surface area contributed by atoms with E-state index in [0.717, 1.165) is 31.5 Å². The Morgan fingerprint density at radius 3 is 2.41 bits per heavy atom. The number of oxazole rings is 1. The van der Waals surface area contributed by atoms with Crippen LogP contribution >= 0.6 is 7.52 Å². The van der Waals surface area contributed by atoms with Gasteiger partial charge in [0.2, 0.25) is 17.2 Å². The molecule has 0 radical (unpaired) electrons. The van der Waals surface area contributed by atoms with Gasteiger partial charge in [-0.05, 0) is 45.2 Å². The van der Waals surface area contributed by atoms with Crippen molar-refractivity contribution < 1.29 is 18.2 Å². The Balaban J connectivity index is 1.79. The third-order valence-electron chi connectivity index (χ3n) is 5.47. The predicted molar refractivity (Wildman–Crippen MR) is 114 cm³/mol. The highest BCUT2D eigenvalue weighted by Crippen LogP contribution is 2.52. The SMILES string of the molecule is CCOP(=O)(c1nc(-c2ccc(C)cc2)oc1N1CCCCC1)N1CCOCC1. The van der Waals surface area contributed by atoms with Crippen LogP contribution < -0.4 is 10.3 Å². The molecule has 7 nitrogen and oxygen atoms in total. The number of benzene rings is 1. The van der Waals surface area contributed by atoms with Crippen LogP contribution in [0, 0.1) is 6.92 Å². The molecular formula is C21H30N3O4P. The Bertz CT molecular complexity index is 855. The van der Waals surface area contributed by atoms with Gasteiger partial charge in [-0.3, -0.25) is 4.57 Å². The maximum absolute atomic E-state index is 14.2. The molecule has 2 aliphatic rings. The van der Waals surface area contributed by atoms with Crippen molar-refractivity contribution in [2.45, 2.75) is 33.1 Å². The molecule has 1 unspecified atom stereocenters. The predicted octanol–water partition coefficient (Wildman–Crippen LogP) is 3.83. The van der Waals surface area contributed by atoms with Crippen molar-refractivity contribution in [2.24, 2.45) is 0 Å². The standard InChI is InChI=1S/C21H30N3O4P/c1-3-27-29(25,24-13-15-26-16-14-24)20-21(23-11-5-4-6-12-23)28-19(22-20)18-9-7-17(2)8-10-18/h7-10H,3-6,11-16H2,1-2H3. The normalized spacial score (nSPS) is 20.6.